The van der Waals surface area contributed by atoms with Gasteiger partial charge in [-0.2, -0.15) is 13.2 Å². The minimum atomic E-state index is -5.08. The van der Waals surface area contributed by atoms with Gasteiger partial charge in [0.15, 0.2) is 0 Å². The highest BCUT2D eigenvalue weighted by Crippen LogP contribution is 2.13. The van der Waals surface area contributed by atoms with Crippen LogP contribution >= 0.6 is 0 Å². The second kappa shape index (κ2) is 6.31. The van der Waals surface area contributed by atoms with Crippen LogP contribution < -0.4 is 5.32 Å². The van der Waals surface area contributed by atoms with Crippen LogP contribution in [0.5, 0.6) is 0 Å². The van der Waals surface area contributed by atoms with Gasteiger partial charge in [-0.05, 0) is 19.4 Å². The fourth-order valence-electron chi connectivity index (χ4n) is 1.06. The summed E-state index contributed by atoms with van der Waals surface area (Å²) in [5, 5.41) is 18.5. The number of rotatable bonds is 1. The molecule has 0 bridgehead atoms. The largest absolute Gasteiger partial charge is 0.490 e. The van der Waals surface area contributed by atoms with E-state index in [2.05, 4.69) is 5.32 Å². The fourth-order valence-corrected chi connectivity index (χ4v) is 1.06. The number of carboxylic acid groups (broad SMARTS) is 2. The Morgan fingerprint density at radius 3 is 1.88 bits per heavy atom. The third kappa shape index (κ3) is 6.23. The van der Waals surface area contributed by atoms with Crippen molar-refractivity contribution >= 4 is 11.9 Å². The molecule has 0 spiro atoms. The summed E-state index contributed by atoms with van der Waals surface area (Å²) in [4.78, 5) is 19.2. The number of hydrogen-bond donors (Lipinski definition) is 3. The molecule has 1 unspecified atom stereocenters. The van der Waals surface area contributed by atoms with E-state index in [0.29, 0.717) is 0 Å². The van der Waals surface area contributed by atoms with Gasteiger partial charge in [0.1, 0.15) is 6.04 Å². The highest BCUT2D eigenvalue weighted by atomic mass is 19.4. The van der Waals surface area contributed by atoms with E-state index in [0.717, 1.165) is 25.8 Å². The first-order valence-corrected chi connectivity index (χ1v) is 4.51. The van der Waals surface area contributed by atoms with Crippen molar-refractivity contribution in [2.75, 3.05) is 6.54 Å². The Kier molecular flexibility index (Phi) is 5.79. The fraction of sp³-hybridized carbons (Fsp3) is 0.750. The van der Waals surface area contributed by atoms with Gasteiger partial charge >= 0.3 is 18.1 Å². The molecule has 0 aromatic heterocycles. The number of nitrogens with one attached hydrogen (secondary N) is 1. The molecule has 0 radical (unpaired) electrons. The van der Waals surface area contributed by atoms with Gasteiger partial charge in [0, 0.05) is 0 Å². The quantitative estimate of drug-likeness (QED) is 0.635. The van der Waals surface area contributed by atoms with Gasteiger partial charge in [0.05, 0.1) is 0 Å². The summed E-state index contributed by atoms with van der Waals surface area (Å²) in [5.74, 6) is -3.47. The summed E-state index contributed by atoms with van der Waals surface area (Å²) in [6.45, 7) is 0.858. The van der Waals surface area contributed by atoms with Crippen LogP contribution in [0.15, 0.2) is 0 Å². The monoisotopic (exact) mass is 243 g/mol. The molecule has 1 heterocycles. The van der Waals surface area contributed by atoms with Crippen molar-refractivity contribution in [2.24, 2.45) is 0 Å². The SMILES string of the molecule is O=C(O)C(F)(F)F.O=C(O)C1CCCCN1. The molecule has 0 aliphatic carbocycles. The van der Waals surface area contributed by atoms with E-state index in [1.165, 1.54) is 0 Å². The molecule has 0 aromatic rings. The van der Waals surface area contributed by atoms with Gasteiger partial charge < -0.3 is 15.5 Å². The van der Waals surface area contributed by atoms with E-state index in [-0.39, 0.29) is 6.04 Å². The number of alkyl halides is 3. The van der Waals surface area contributed by atoms with Crippen LogP contribution in [0.4, 0.5) is 13.2 Å². The predicted molar refractivity (Wildman–Crippen MR) is 47.0 cm³/mol. The van der Waals surface area contributed by atoms with E-state index in [4.69, 9.17) is 15.0 Å². The average molecular weight is 243 g/mol. The Bertz CT molecular complexity index is 248. The maximum absolute atomic E-state index is 10.6. The van der Waals surface area contributed by atoms with Crippen LogP contribution in [0, 0.1) is 0 Å². The van der Waals surface area contributed by atoms with Crippen LogP contribution in [0.2, 0.25) is 0 Å². The van der Waals surface area contributed by atoms with E-state index in [9.17, 15) is 18.0 Å². The average Bonchev–Trinajstić information content (AvgIpc) is 2.18. The zero-order chi connectivity index (χ0) is 12.8. The van der Waals surface area contributed by atoms with Crippen molar-refractivity contribution in [3.8, 4) is 0 Å². The van der Waals surface area contributed by atoms with Crippen LogP contribution in [0.1, 0.15) is 19.3 Å². The van der Waals surface area contributed by atoms with Crippen LogP contribution in [-0.2, 0) is 9.59 Å². The van der Waals surface area contributed by atoms with E-state index in [1.807, 2.05) is 0 Å². The predicted octanol–water partition coefficient (Wildman–Crippen LogP) is 0.846. The van der Waals surface area contributed by atoms with Crippen molar-refractivity contribution in [1.29, 1.82) is 0 Å². The summed E-state index contributed by atoms with van der Waals surface area (Å²) in [7, 11) is 0. The molecule has 1 rings (SSSR count). The topological polar surface area (TPSA) is 86.6 Å². The molecule has 8 heteroatoms. The number of hydrogen-bond acceptors (Lipinski definition) is 3. The lowest BCUT2D eigenvalue weighted by Crippen LogP contribution is -2.40. The van der Waals surface area contributed by atoms with Gasteiger partial charge in [-0.25, -0.2) is 4.79 Å². The van der Waals surface area contributed by atoms with Gasteiger partial charge in [0.25, 0.3) is 0 Å². The second-order valence-electron chi connectivity index (χ2n) is 3.14. The lowest BCUT2D eigenvalue weighted by atomic mass is 10.1. The summed E-state index contributed by atoms with van der Waals surface area (Å²) in [5.41, 5.74) is 0. The highest BCUT2D eigenvalue weighted by molar-refractivity contribution is 5.73. The Hall–Kier alpha value is -1.31. The Labute approximate surface area is 89.3 Å². The zero-order valence-electron chi connectivity index (χ0n) is 8.25. The minimum absolute atomic E-state index is 0.279. The molecular formula is C8H12F3NO4. The van der Waals surface area contributed by atoms with Gasteiger partial charge in [-0.3, -0.25) is 4.79 Å². The molecule has 1 fully saturated rings. The Morgan fingerprint density at radius 2 is 1.69 bits per heavy atom. The Balaban J connectivity index is 0.000000293. The first-order chi connectivity index (χ1) is 7.25. The molecule has 16 heavy (non-hydrogen) atoms. The second-order valence-corrected chi connectivity index (χ2v) is 3.14. The van der Waals surface area contributed by atoms with Crippen LogP contribution in [0.25, 0.3) is 0 Å². The van der Waals surface area contributed by atoms with E-state index in [1.54, 1.807) is 0 Å². The first-order valence-electron chi connectivity index (χ1n) is 4.51. The molecular weight excluding hydrogens is 231 g/mol. The summed E-state index contributed by atoms with van der Waals surface area (Å²) < 4.78 is 31.7. The molecule has 1 aliphatic rings. The molecule has 1 aliphatic heterocycles. The maximum atomic E-state index is 10.6. The number of carboxylic acids is 2. The summed E-state index contributed by atoms with van der Waals surface area (Å²) in [6.07, 6.45) is -2.14. The molecule has 0 aromatic carbocycles. The van der Waals surface area contributed by atoms with Gasteiger partial charge in [0.2, 0.25) is 0 Å². The maximum Gasteiger partial charge on any atom is 0.490 e. The van der Waals surface area contributed by atoms with Crippen molar-refractivity contribution in [2.45, 2.75) is 31.5 Å². The molecule has 1 saturated heterocycles. The smallest absolute Gasteiger partial charge is 0.480 e. The van der Waals surface area contributed by atoms with Crippen LogP contribution in [-0.4, -0.2) is 40.9 Å². The van der Waals surface area contributed by atoms with Crippen molar-refractivity contribution in [3.63, 3.8) is 0 Å². The van der Waals surface area contributed by atoms with Crippen molar-refractivity contribution < 1.29 is 33.0 Å². The summed E-state index contributed by atoms with van der Waals surface area (Å²) in [6, 6.07) is -0.279. The Morgan fingerprint density at radius 1 is 1.19 bits per heavy atom. The number of aliphatic carboxylic acids is 2. The van der Waals surface area contributed by atoms with Gasteiger partial charge in [-0.1, -0.05) is 6.42 Å². The lowest BCUT2D eigenvalue weighted by molar-refractivity contribution is -0.192. The number of piperidine rings is 1. The molecule has 1 atom stereocenters. The molecule has 3 N–H and O–H groups in total. The first kappa shape index (κ1) is 14.7. The third-order valence-corrected chi connectivity index (χ3v) is 1.85. The standard InChI is InChI=1S/C6H11NO2.C2HF3O2/c8-6(9)5-3-1-2-4-7-5;3-2(4,5)1(6)7/h5,7H,1-4H2,(H,8,9);(H,6,7). The molecule has 0 saturated carbocycles. The summed E-state index contributed by atoms with van der Waals surface area (Å²) >= 11 is 0. The number of carbonyl (C=O) groups is 2. The third-order valence-electron chi connectivity index (χ3n) is 1.85. The molecule has 94 valence electrons. The normalized spacial score (nSPS) is 20.6. The minimum Gasteiger partial charge on any atom is -0.480 e. The molecule has 5 nitrogen and oxygen atoms in total. The number of halogens is 3. The molecule has 0 amide bonds. The van der Waals surface area contributed by atoms with E-state index < -0.39 is 18.1 Å². The highest BCUT2D eigenvalue weighted by Gasteiger charge is 2.38. The van der Waals surface area contributed by atoms with Crippen LogP contribution in [0.3, 0.4) is 0 Å². The van der Waals surface area contributed by atoms with Crippen molar-refractivity contribution in [3.05, 3.63) is 0 Å². The lowest BCUT2D eigenvalue weighted by Gasteiger charge is -2.18. The van der Waals surface area contributed by atoms with Crippen molar-refractivity contribution in [1.82, 2.24) is 5.32 Å². The van der Waals surface area contributed by atoms with E-state index >= 15 is 0 Å². The van der Waals surface area contributed by atoms with Gasteiger partial charge in [-0.15, -0.1) is 0 Å². The zero-order valence-corrected chi connectivity index (χ0v) is 8.25.